The van der Waals surface area contributed by atoms with E-state index < -0.39 is 8.32 Å². The molecule has 0 saturated heterocycles. The van der Waals surface area contributed by atoms with Gasteiger partial charge in [0, 0.05) is 0 Å². The fraction of sp³-hybridized carbons (Fsp3) is 0.562. The quantitative estimate of drug-likeness (QED) is 0.109. The van der Waals surface area contributed by atoms with Gasteiger partial charge in [-0.3, -0.25) is 4.84 Å². The Labute approximate surface area is 223 Å². The monoisotopic (exact) mass is 509 g/mol. The van der Waals surface area contributed by atoms with Gasteiger partial charge in [-0.05, 0) is 68.3 Å². The van der Waals surface area contributed by atoms with Gasteiger partial charge in [-0.15, -0.1) is 6.58 Å². The van der Waals surface area contributed by atoms with E-state index in [2.05, 4.69) is 134 Å². The molecule has 0 amide bonds. The third kappa shape index (κ3) is 8.41. The molecule has 0 aliphatic rings. The van der Waals surface area contributed by atoms with E-state index in [1.54, 1.807) is 0 Å². The highest BCUT2D eigenvalue weighted by atomic mass is 28.4. The first-order chi connectivity index (χ1) is 16.8. The highest BCUT2D eigenvalue weighted by molar-refractivity contribution is 6.74. The number of hydroxylamine groups is 2. The van der Waals surface area contributed by atoms with Crippen LogP contribution in [-0.4, -0.2) is 25.5 Å². The predicted molar refractivity (Wildman–Crippen MR) is 157 cm³/mol. The van der Waals surface area contributed by atoms with Crippen molar-refractivity contribution in [3.63, 3.8) is 0 Å². The lowest BCUT2D eigenvalue weighted by Gasteiger charge is -2.47. The van der Waals surface area contributed by atoms with E-state index in [1.165, 1.54) is 11.1 Å². The summed E-state index contributed by atoms with van der Waals surface area (Å²) in [4.78, 5) is 7.11. The summed E-state index contributed by atoms with van der Waals surface area (Å²) in [5.74, 6) is 0.351. The van der Waals surface area contributed by atoms with Crippen LogP contribution in [-0.2, 0) is 9.26 Å². The average Bonchev–Trinajstić information content (AvgIpc) is 2.82. The molecule has 2 aromatic carbocycles. The largest absolute Gasteiger partial charge is 0.415 e. The molecule has 0 spiro atoms. The molecule has 0 aromatic heterocycles. The number of nitrogens with zero attached hydrogens (tertiary/aromatic N) is 1. The summed E-state index contributed by atoms with van der Waals surface area (Å²) in [7, 11) is -1.92. The Morgan fingerprint density at radius 2 is 1.42 bits per heavy atom. The Kier molecular flexibility index (Phi) is 11.2. The lowest BCUT2D eigenvalue weighted by atomic mass is 9.92. The molecular formula is C32H51NO2Si. The smallest absolute Gasteiger partial charge is 0.192 e. The van der Waals surface area contributed by atoms with Gasteiger partial charge in [0.05, 0.1) is 18.2 Å². The third-order valence-corrected chi connectivity index (χ3v) is 12.0. The SMILES string of the molecule is C=CCCCC(ON(C(c1ccccc1)C(C)C)C(C)(C)CO[Si](C)(C)C(C)(C)C)c1ccccc1. The summed E-state index contributed by atoms with van der Waals surface area (Å²) >= 11 is 0. The summed E-state index contributed by atoms with van der Waals surface area (Å²) in [5.41, 5.74) is 2.14. The van der Waals surface area contributed by atoms with Crippen LogP contribution in [0.25, 0.3) is 0 Å². The first kappa shape index (κ1) is 30.5. The summed E-state index contributed by atoms with van der Waals surface area (Å²) in [5, 5.41) is 2.43. The van der Waals surface area contributed by atoms with Crippen molar-refractivity contribution in [2.75, 3.05) is 6.61 Å². The Morgan fingerprint density at radius 3 is 1.89 bits per heavy atom. The zero-order chi connectivity index (χ0) is 27.0. The maximum atomic E-state index is 7.11. The molecule has 2 atom stereocenters. The van der Waals surface area contributed by atoms with Crippen LogP contribution in [0.2, 0.25) is 18.1 Å². The van der Waals surface area contributed by atoms with Crippen molar-refractivity contribution in [1.82, 2.24) is 5.06 Å². The zero-order valence-electron chi connectivity index (χ0n) is 24.4. The van der Waals surface area contributed by atoms with Crippen LogP contribution in [0.3, 0.4) is 0 Å². The highest BCUT2D eigenvalue weighted by Crippen LogP contribution is 2.41. The fourth-order valence-electron chi connectivity index (χ4n) is 4.20. The van der Waals surface area contributed by atoms with E-state index >= 15 is 0 Å². The second kappa shape index (κ2) is 13.2. The normalized spacial score (nSPS) is 14.8. The Hall–Kier alpha value is -1.72. The molecule has 0 fully saturated rings. The fourth-order valence-corrected chi connectivity index (χ4v) is 5.34. The van der Waals surface area contributed by atoms with Crippen molar-refractivity contribution in [1.29, 1.82) is 0 Å². The zero-order valence-corrected chi connectivity index (χ0v) is 25.4. The van der Waals surface area contributed by atoms with Crippen LogP contribution >= 0.6 is 0 Å². The third-order valence-electron chi connectivity index (χ3n) is 7.50. The molecule has 0 aliphatic carbocycles. The molecule has 2 rings (SSSR count). The molecule has 200 valence electrons. The van der Waals surface area contributed by atoms with E-state index in [0.717, 1.165) is 19.3 Å². The number of benzene rings is 2. The van der Waals surface area contributed by atoms with Gasteiger partial charge < -0.3 is 4.43 Å². The summed E-state index contributed by atoms with van der Waals surface area (Å²) in [6, 6.07) is 21.5. The lowest BCUT2D eigenvalue weighted by molar-refractivity contribution is -0.286. The van der Waals surface area contributed by atoms with E-state index in [9.17, 15) is 0 Å². The maximum Gasteiger partial charge on any atom is 0.192 e. The molecule has 0 heterocycles. The first-order valence-electron chi connectivity index (χ1n) is 13.6. The molecule has 2 aromatic rings. The van der Waals surface area contributed by atoms with Gasteiger partial charge in [-0.2, -0.15) is 5.06 Å². The van der Waals surface area contributed by atoms with Crippen molar-refractivity contribution < 1.29 is 9.26 Å². The molecule has 0 aliphatic heterocycles. The standard InChI is InChI=1S/C32H51NO2Si/c1-11-12-15-24-29(27-20-16-13-17-21-27)35-33(30(26(2)3)28-22-18-14-19-23-28)32(7,8)25-34-36(9,10)31(4,5)6/h11,13-14,16-23,26,29-30H,1,12,15,24-25H2,2-10H3. The number of rotatable bonds is 14. The highest BCUT2D eigenvalue weighted by Gasteiger charge is 2.43. The van der Waals surface area contributed by atoms with Gasteiger partial charge in [0.2, 0.25) is 0 Å². The van der Waals surface area contributed by atoms with Crippen molar-refractivity contribution in [2.24, 2.45) is 5.92 Å². The van der Waals surface area contributed by atoms with Gasteiger partial charge in [0.25, 0.3) is 0 Å². The molecule has 36 heavy (non-hydrogen) atoms. The maximum absolute atomic E-state index is 7.11. The van der Waals surface area contributed by atoms with E-state index in [0.29, 0.717) is 12.5 Å². The van der Waals surface area contributed by atoms with Crippen LogP contribution in [0.15, 0.2) is 73.3 Å². The lowest BCUT2D eigenvalue weighted by Crippen LogP contribution is -2.54. The minimum atomic E-state index is -1.92. The second-order valence-electron chi connectivity index (χ2n) is 12.5. The Bertz CT molecular complexity index is 903. The minimum absolute atomic E-state index is 0.0386. The molecule has 0 radical (unpaired) electrons. The van der Waals surface area contributed by atoms with Crippen LogP contribution in [0, 0.1) is 5.92 Å². The average molecular weight is 510 g/mol. The number of allylic oxidation sites excluding steroid dienone is 1. The Balaban J connectivity index is 2.50. The number of unbranched alkanes of at least 4 members (excludes halogenated alkanes) is 1. The van der Waals surface area contributed by atoms with Crippen LogP contribution in [0.5, 0.6) is 0 Å². The van der Waals surface area contributed by atoms with E-state index in [4.69, 9.17) is 9.26 Å². The first-order valence-corrected chi connectivity index (χ1v) is 16.5. The minimum Gasteiger partial charge on any atom is -0.415 e. The Morgan fingerprint density at radius 1 is 0.889 bits per heavy atom. The van der Waals surface area contributed by atoms with Crippen molar-refractivity contribution in [2.45, 2.75) is 104 Å². The molecular weight excluding hydrogens is 458 g/mol. The van der Waals surface area contributed by atoms with E-state index in [-0.39, 0.29) is 22.7 Å². The molecule has 2 unspecified atom stereocenters. The van der Waals surface area contributed by atoms with Crippen LogP contribution in [0.4, 0.5) is 0 Å². The predicted octanol–water partition coefficient (Wildman–Crippen LogP) is 9.52. The molecule has 4 heteroatoms. The summed E-state index contributed by atoms with van der Waals surface area (Å²) < 4.78 is 6.80. The number of hydrogen-bond acceptors (Lipinski definition) is 3. The number of hydrogen-bond donors (Lipinski definition) is 0. The summed E-state index contributed by atoms with van der Waals surface area (Å²) in [6.07, 6.45) is 4.92. The second-order valence-corrected chi connectivity index (χ2v) is 17.3. The van der Waals surface area contributed by atoms with E-state index in [1.807, 2.05) is 6.08 Å². The molecule has 0 N–H and O–H groups in total. The molecule has 0 bridgehead atoms. The topological polar surface area (TPSA) is 21.7 Å². The van der Waals surface area contributed by atoms with Crippen molar-refractivity contribution in [3.05, 3.63) is 84.4 Å². The van der Waals surface area contributed by atoms with Gasteiger partial charge in [-0.1, -0.05) is 101 Å². The van der Waals surface area contributed by atoms with Gasteiger partial charge in [-0.25, -0.2) is 0 Å². The van der Waals surface area contributed by atoms with Crippen LogP contribution in [0.1, 0.15) is 91.0 Å². The van der Waals surface area contributed by atoms with Crippen LogP contribution < -0.4 is 0 Å². The molecule has 3 nitrogen and oxygen atoms in total. The van der Waals surface area contributed by atoms with Crippen molar-refractivity contribution in [3.8, 4) is 0 Å². The molecule has 0 saturated carbocycles. The van der Waals surface area contributed by atoms with Crippen molar-refractivity contribution >= 4 is 8.32 Å². The summed E-state index contributed by atoms with van der Waals surface area (Å²) in [6.45, 7) is 25.2. The van der Waals surface area contributed by atoms with Gasteiger partial charge in [0.1, 0.15) is 6.10 Å². The van der Waals surface area contributed by atoms with Gasteiger partial charge >= 0.3 is 0 Å². The van der Waals surface area contributed by atoms with Gasteiger partial charge in [0.15, 0.2) is 8.32 Å².